The molecule has 3 aromatic carbocycles. The fourth-order valence-corrected chi connectivity index (χ4v) is 3.03. The Morgan fingerprint density at radius 1 is 0.724 bits per heavy atom. The van der Waals surface area contributed by atoms with E-state index in [0.29, 0.717) is 11.4 Å². The van der Waals surface area contributed by atoms with E-state index >= 15 is 0 Å². The third-order valence-electron chi connectivity index (χ3n) is 4.56. The van der Waals surface area contributed by atoms with Crippen molar-refractivity contribution in [3.8, 4) is 22.4 Å². The zero-order valence-corrected chi connectivity index (χ0v) is 15.4. The molecule has 4 rings (SSSR count). The highest BCUT2D eigenvalue weighted by molar-refractivity contribution is 6.04. The van der Waals surface area contributed by atoms with Crippen LogP contribution in [0.15, 0.2) is 95.8 Å². The highest BCUT2D eigenvalue weighted by Gasteiger charge is 2.12. The molecule has 0 aliphatic heterocycles. The van der Waals surface area contributed by atoms with Crippen LogP contribution in [0, 0.1) is 5.82 Å². The second-order valence-electron chi connectivity index (χ2n) is 6.52. The van der Waals surface area contributed by atoms with Gasteiger partial charge in [0.2, 0.25) is 0 Å². The first-order valence-electron chi connectivity index (χ1n) is 9.06. The van der Waals surface area contributed by atoms with Crippen molar-refractivity contribution in [2.24, 2.45) is 0 Å². The summed E-state index contributed by atoms with van der Waals surface area (Å²) in [7, 11) is 0. The zero-order chi connectivity index (χ0) is 20.2. The monoisotopic (exact) mass is 384 g/mol. The molecule has 29 heavy (non-hydrogen) atoms. The van der Waals surface area contributed by atoms with Crippen molar-refractivity contribution in [3.63, 3.8) is 0 Å². The molecule has 0 atom stereocenters. The molecule has 4 aromatic rings. The topological polar surface area (TPSA) is 62.0 Å². The molecule has 1 amide bonds. The molecule has 0 unspecified atom stereocenters. The lowest BCUT2D eigenvalue weighted by molar-refractivity contribution is 0.102. The largest absolute Gasteiger partial charge is 0.322 e. The maximum Gasteiger partial charge on any atom is 0.261 e. The molecule has 0 fully saturated rings. The van der Waals surface area contributed by atoms with E-state index in [0.717, 1.165) is 16.7 Å². The fraction of sp³-hybridized carbons (Fsp3) is 0. The molecule has 142 valence electrons. The van der Waals surface area contributed by atoms with Crippen molar-refractivity contribution < 1.29 is 9.18 Å². The zero-order valence-electron chi connectivity index (χ0n) is 15.4. The van der Waals surface area contributed by atoms with E-state index in [1.807, 2.05) is 54.6 Å². The summed E-state index contributed by atoms with van der Waals surface area (Å²) in [5.41, 5.74) is 3.55. The third-order valence-corrected chi connectivity index (χ3v) is 4.56. The van der Waals surface area contributed by atoms with Gasteiger partial charge in [-0.3, -0.25) is 9.59 Å². The first kappa shape index (κ1) is 18.4. The number of hydrogen-bond acceptors (Lipinski definition) is 2. The number of hydrogen-bond donors (Lipinski definition) is 2. The van der Waals surface area contributed by atoms with Crippen LogP contribution in [0.4, 0.5) is 10.1 Å². The number of amides is 1. The van der Waals surface area contributed by atoms with Gasteiger partial charge in [0, 0.05) is 11.4 Å². The van der Waals surface area contributed by atoms with E-state index in [2.05, 4.69) is 10.3 Å². The Hall–Kier alpha value is -3.99. The highest BCUT2D eigenvalue weighted by atomic mass is 19.1. The van der Waals surface area contributed by atoms with Crippen molar-refractivity contribution in [1.29, 1.82) is 0 Å². The summed E-state index contributed by atoms with van der Waals surface area (Å²) in [6.45, 7) is 0. The second kappa shape index (κ2) is 7.94. The highest BCUT2D eigenvalue weighted by Crippen LogP contribution is 2.23. The number of aromatic amines is 1. The molecular weight excluding hydrogens is 367 g/mol. The Morgan fingerprint density at radius 2 is 1.34 bits per heavy atom. The van der Waals surface area contributed by atoms with Crippen LogP contribution >= 0.6 is 0 Å². The Labute approximate surface area is 166 Å². The molecule has 1 heterocycles. The van der Waals surface area contributed by atoms with Gasteiger partial charge in [-0.25, -0.2) is 4.39 Å². The van der Waals surface area contributed by atoms with Gasteiger partial charge in [-0.15, -0.1) is 0 Å². The van der Waals surface area contributed by atoms with Crippen LogP contribution < -0.4 is 10.9 Å². The minimum atomic E-state index is -0.552. The lowest BCUT2D eigenvalue weighted by atomic mass is 10.0. The van der Waals surface area contributed by atoms with E-state index in [-0.39, 0.29) is 5.56 Å². The molecule has 0 aliphatic carbocycles. The number of aromatic nitrogens is 1. The lowest BCUT2D eigenvalue weighted by Crippen LogP contribution is -2.23. The van der Waals surface area contributed by atoms with E-state index in [9.17, 15) is 14.0 Å². The molecule has 5 heteroatoms. The number of carbonyl (C=O) groups is 1. The van der Waals surface area contributed by atoms with Crippen molar-refractivity contribution >= 4 is 11.6 Å². The summed E-state index contributed by atoms with van der Waals surface area (Å²) >= 11 is 0. The molecule has 0 aliphatic rings. The van der Waals surface area contributed by atoms with Crippen LogP contribution in [0.1, 0.15) is 10.4 Å². The fourth-order valence-electron chi connectivity index (χ4n) is 3.03. The summed E-state index contributed by atoms with van der Waals surface area (Å²) in [5, 5.41) is 2.59. The van der Waals surface area contributed by atoms with Crippen LogP contribution in [-0.2, 0) is 0 Å². The predicted octanol–water partition coefficient (Wildman–Crippen LogP) is 5.10. The number of nitrogens with one attached hydrogen (secondary N) is 2. The van der Waals surface area contributed by atoms with Gasteiger partial charge in [0.05, 0.1) is 0 Å². The van der Waals surface area contributed by atoms with Crippen LogP contribution in [-0.4, -0.2) is 10.9 Å². The van der Waals surface area contributed by atoms with E-state index in [1.54, 1.807) is 6.07 Å². The van der Waals surface area contributed by atoms with E-state index in [1.165, 1.54) is 30.3 Å². The summed E-state index contributed by atoms with van der Waals surface area (Å²) in [6, 6.07) is 26.3. The Balaban J connectivity index is 1.54. The van der Waals surface area contributed by atoms with Crippen molar-refractivity contribution in [2.75, 3.05) is 5.32 Å². The van der Waals surface area contributed by atoms with Gasteiger partial charge in [-0.2, -0.15) is 0 Å². The number of anilines is 1. The molecule has 0 saturated heterocycles. The minimum absolute atomic E-state index is 0.0148. The summed E-state index contributed by atoms with van der Waals surface area (Å²) in [6.07, 6.45) is 0. The standard InChI is InChI=1S/C24H17FN2O2/c25-19-10-12-20(13-11-19)26-23(28)21-14-15-22(27-24(21)29)18-8-6-17(7-9-18)16-4-2-1-3-5-16/h1-15H,(H,26,28)(H,27,29). The summed E-state index contributed by atoms with van der Waals surface area (Å²) in [4.78, 5) is 27.5. The van der Waals surface area contributed by atoms with Gasteiger partial charge >= 0.3 is 0 Å². The van der Waals surface area contributed by atoms with Gasteiger partial charge in [-0.1, -0.05) is 54.6 Å². The van der Waals surface area contributed by atoms with Crippen LogP contribution in [0.25, 0.3) is 22.4 Å². The molecule has 2 N–H and O–H groups in total. The lowest BCUT2D eigenvalue weighted by Gasteiger charge is -2.07. The summed E-state index contributed by atoms with van der Waals surface area (Å²) in [5.74, 6) is -0.952. The quantitative estimate of drug-likeness (QED) is 0.514. The Morgan fingerprint density at radius 3 is 2.00 bits per heavy atom. The first-order valence-corrected chi connectivity index (χ1v) is 9.06. The second-order valence-corrected chi connectivity index (χ2v) is 6.52. The van der Waals surface area contributed by atoms with Gasteiger partial charge < -0.3 is 10.3 Å². The molecule has 0 saturated carbocycles. The maximum atomic E-state index is 13.0. The Kier molecular flexibility index (Phi) is 5.03. The SMILES string of the molecule is O=C(Nc1ccc(F)cc1)c1ccc(-c2ccc(-c3ccccc3)cc2)[nH]c1=O. The van der Waals surface area contributed by atoms with Crippen molar-refractivity contribution in [3.05, 3.63) is 113 Å². The number of halogens is 1. The third kappa shape index (κ3) is 4.14. The van der Waals surface area contributed by atoms with Crippen molar-refractivity contribution in [2.45, 2.75) is 0 Å². The number of pyridine rings is 1. The normalized spacial score (nSPS) is 10.5. The van der Waals surface area contributed by atoms with E-state index in [4.69, 9.17) is 0 Å². The number of H-pyrrole nitrogens is 1. The summed E-state index contributed by atoms with van der Waals surface area (Å²) < 4.78 is 13.0. The minimum Gasteiger partial charge on any atom is -0.322 e. The molecule has 1 aromatic heterocycles. The molecule has 0 bridgehead atoms. The molecular formula is C24H17FN2O2. The maximum absolute atomic E-state index is 13.0. The molecule has 4 nitrogen and oxygen atoms in total. The van der Waals surface area contributed by atoms with Gasteiger partial charge in [0.25, 0.3) is 11.5 Å². The number of rotatable bonds is 4. The van der Waals surface area contributed by atoms with Crippen LogP contribution in [0.2, 0.25) is 0 Å². The van der Waals surface area contributed by atoms with E-state index < -0.39 is 17.3 Å². The van der Waals surface area contributed by atoms with Crippen LogP contribution in [0.5, 0.6) is 0 Å². The molecule has 0 spiro atoms. The Bertz CT molecular complexity index is 1200. The van der Waals surface area contributed by atoms with Gasteiger partial charge in [0.1, 0.15) is 11.4 Å². The molecule has 0 radical (unpaired) electrons. The van der Waals surface area contributed by atoms with Crippen LogP contribution in [0.3, 0.4) is 0 Å². The average Bonchev–Trinajstić information content (AvgIpc) is 2.76. The number of carbonyl (C=O) groups excluding carboxylic acids is 1. The first-order chi connectivity index (χ1) is 14.1. The smallest absolute Gasteiger partial charge is 0.261 e. The predicted molar refractivity (Wildman–Crippen MR) is 112 cm³/mol. The van der Waals surface area contributed by atoms with Gasteiger partial charge in [0.15, 0.2) is 0 Å². The van der Waals surface area contributed by atoms with Crippen molar-refractivity contribution in [1.82, 2.24) is 4.98 Å². The average molecular weight is 384 g/mol. The van der Waals surface area contributed by atoms with Gasteiger partial charge in [-0.05, 0) is 53.1 Å². The number of benzene rings is 3.